The first-order valence-electron chi connectivity index (χ1n) is 12.9. The second-order valence-electron chi connectivity index (χ2n) is 11.0. The fraction of sp³-hybridized carbons (Fsp3) is 0.323. The van der Waals surface area contributed by atoms with E-state index in [4.69, 9.17) is 9.16 Å². The fourth-order valence-corrected chi connectivity index (χ4v) is 5.35. The van der Waals surface area contributed by atoms with Crippen LogP contribution in [-0.4, -0.2) is 19.8 Å². The molecular formula is C31H38N2O3Si. The lowest BCUT2D eigenvalue weighted by atomic mass is 10.0. The van der Waals surface area contributed by atoms with Crippen LogP contribution in [0.1, 0.15) is 43.6 Å². The van der Waals surface area contributed by atoms with E-state index < -0.39 is 8.32 Å². The molecule has 5 nitrogen and oxygen atoms in total. The van der Waals surface area contributed by atoms with Gasteiger partial charge in [0.15, 0.2) is 8.32 Å². The summed E-state index contributed by atoms with van der Waals surface area (Å²) in [4.78, 5) is 15.4. The number of aromatic nitrogens is 1. The van der Waals surface area contributed by atoms with Gasteiger partial charge in [0.25, 0.3) is 0 Å². The number of H-pyrrole nitrogens is 1. The van der Waals surface area contributed by atoms with Crippen LogP contribution in [-0.2, 0) is 17.6 Å². The molecule has 0 aliphatic carbocycles. The molecule has 1 aromatic heterocycles. The molecule has 1 unspecified atom stereocenters. The van der Waals surface area contributed by atoms with Gasteiger partial charge in [0.2, 0.25) is 5.56 Å². The van der Waals surface area contributed by atoms with Gasteiger partial charge in [-0.25, -0.2) is 0 Å². The van der Waals surface area contributed by atoms with E-state index in [9.17, 15) is 4.79 Å². The van der Waals surface area contributed by atoms with E-state index in [-0.39, 0.29) is 16.7 Å². The molecule has 0 spiro atoms. The van der Waals surface area contributed by atoms with Crippen molar-refractivity contribution < 1.29 is 9.16 Å². The Kier molecular flexibility index (Phi) is 8.32. The number of benzene rings is 3. The smallest absolute Gasteiger partial charge is 0.248 e. The summed E-state index contributed by atoms with van der Waals surface area (Å²) in [6, 6.07) is 27.9. The summed E-state index contributed by atoms with van der Waals surface area (Å²) in [7, 11) is -2.09. The molecule has 0 aliphatic heterocycles. The van der Waals surface area contributed by atoms with Gasteiger partial charge in [-0.05, 0) is 47.0 Å². The average Bonchev–Trinajstić information content (AvgIpc) is 2.87. The first kappa shape index (κ1) is 26.9. The van der Waals surface area contributed by atoms with E-state index in [0.717, 1.165) is 23.1 Å². The second kappa shape index (κ2) is 11.5. The predicted octanol–water partition coefficient (Wildman–Crippen LogP) is 6.96. The summed E-state index contributed by atoms with van der Waals surface area (Å²) in [5.41, 5.74) is 3.89. The number of nitrogens with one attached hydrogen (secondary N) is 2. The molecule has 37 heavy (non-hydrogen) atoms. The van der Waals surface area contributed by atoms with Gasteiger partial charge >= 0.3 is 0 Å². The fourth-order valence-electron chi connectivity index (χ4n) is 4.08. The van der Waals surface area contributed by atoms with Crippen molar-refractivity contribution in [2.45, 2.75) is 58.2 Å². The van der Waals surface area contributed by atoms with Crippen molar-refractivity contribution >= 4 is 19.2 Å². The molecular weight excluding hydrogens is 476 g/mol. The summed E-state index contributed by atoms with van der Waals surface area (Å²) in [6.07, 6.45) is -0.179. The maximum atomic E-state index is 12.3. The van der Waals surface area contributed by atoms with Crippen LogP contribution >= 0.6 is 0 Å². The number of pyridine rings is 1. The quantitative estimate of drug-likeness (QED) is 0.225. The summed E-state index contributed by atoms with van der Waals surface area (Å²) in [6.45, 7) is 13.1. The average molecular weight is 515 g/mol. The molecule has 2 N–H and O–H groups in total. The van der Waals surface area contributed by atoms with Gasteiger partial charge in [-0.2, -0.15) is 0 Å². The predicted molar refractivity (Wildman–Crippen MR) is 155 cm³/mol. The van der Waals surface area contributed by atoms with Crippen molar-refractivity contribution in [3.63, 3.8) is 0 Å². The summed E-state index contributed by atoms with van der Waals surface area (Å²) in [5.74, 6) is 0.656. The van der Waals surface area contributed by atoms with Crippen LogP contribution in [0.3, 0.4) is 0 Å². The Morgan fingerprint density at radius 1 is 0.865 bits per heavy atom. The molecule has 0 saturated heterocycles. The van der Waals surface area contributed by atoms with Crippen molar-refractivity contribution in [1.29, 1.82) is 0 Å². The monoisotopic (exact) mass is 514 g/mol. The second-order valence-corrected chi connectivity index (χ2v) is 15.8. The van der Waals surface area contributed by atoms with Crippen molar-refractivity contribution in [2.24, 2.45) is 0 Å². The molecule has 0 aliphatic rings. The molecule has 1 heterocycles. The third-order valence-corrected chi connectivity index (χ3v) is 11.7. The lowest BCUT2D eigenvalue weighted by Crippen LogP contribution is -2.43. The van der Waals surface area contributed by atoms with E-state index in [2.05, 4.69) is 74.5 Å². The minimum atomic E-state index is -2.09. The topological polar surface area (TPSA) is 63.4 Å². The minimum absolute atomic E-state index is 0.0630. The minimum Gasteiger partial charge on any atom is -0.487 e. The van der Waals surface area contributed by atoms with Crippen LogP contribution in [0.2, 0.25) is 18.1 Å². The Balaban J connectivity index is 1.67. The first-order chi connectivity index (χ1) is 17.6. The van der Waals surface area contributed by atoms with Crippen LogP contribution in [0.4, 0.5) is 0 Å². The van der Waals surface area contributed by atoms with Crippen molar-refractivity contribution in [2.75, 3.05) is 6.54 Å². The lowest BCUT2D eigenvalue weighted by Gasteiger charge is -2.39. The highest BCUT2D eigenvalue weighted by Crippen LogP contribution is 2.41. The molecule has 4 rings (SSSR count). The maximum absolute atomic E-state index is 12.3. The van der Waals surface area contributed by atoms with Gasteiger partial charge in [0, 0.05) is 24.5 Å². The Hall–Kier alpha value is -3.19. The number of fused-ring (bicyclic) bond motifs is 1. The van der Waals surface area contributed by atoms with E-state index in [1.165, 1.54) is 5.56 Å². The first-order valence-corrected chi connectivity index (χ1v) is 15.8. The number of hydrogen-bond acceptors (Lipinski definition) is 4. The Morgan fingerprint density at radius 2 is 1.51 bits per heavy atom. The zero-order valence-electron chi connectivity index (χ0n) is 22.5. The van der Waals surface area contributed by atoms with Crippen LogP contribution in [0.25, 0.3) is 10.9 Å². The normalized spacial score (nSPS) is 13.0. The van der Waals surface area contributed by atoms with Crippen LogP contribution < -0.4 is 15.6 Å². The zero-order valence-corrected chi connectivity index (χ0v) is 23.5. The molecule has 0 amide bonds. The van der Waals surface area contributed by atoms with E-state index in [1.54, 1.807) is 6.07 Å². The van der Waals surface area contributed by atoms with Crippen molar-refractivity contribution in [3.8, 4) is 5.75 Å². The molecule has 4 aromatic rings. The van der Waals surface area contributed by atoms with Crippen molar-refractivity contribution in [1.82, 2.24) is 10.3 Å². The number of rotatable bonds is 10. The molecule has 0 fully saturated rings. The van der Waals surface area contributed by atoms with Crippen molar-refractivity contribution in [3.05, 3.63) is 112 Å². The summed E-state index contributed by atoms with van der Waals surface area (Å²) < 4.78 is 13.1. The SMILES string of the molecule is CC(C)(C)[Si](C)(C)OC(CNCc1ccccc1)c1ccc(OCc2ccccc2)c2[nH]c(=O)ccc12. The van der Waals surface area contributed by atoms with Gasteiger partial charge in [-0.3, -0.25) is 4.79 Å². The molecule has 3 aromatic carbocycles. The van der Waals surface area contributed by atoms with E-state index >= 15 is 0 Å². The highest BCUT2D eigenvalue weighted by atomic mass is 28.4. The van der Waals surface area contributed by atoms with Gasteiger partial charge in [-0.15, -0.1) is 0 Å². The van der Waals surface area contributed by atoms with Gasteiger partial charge < -0.3 is 19.5 Å². The number of hydrogen-bond donors (Lipinski definition) is 2. The molecule has 0 saturated carbocycles. The largest absolute Gasteiger partial charge is 0.487 e. The van der Waals surface area contributed by atoms with Crippen LogP contribution in [0, 0.1) is 0 Å². The molecule has 194 valence electrons. The molecule has 0 radical (unpaired) electrons. The van der Waals surface area contributed by atoms with Gasteiger partial charge in [0.1, 0.15) is 12.4 Å². The highest BCUT2D eigenvalue weighted by Gasteiger charge is 2.39. The van der Waals surface area contributed by atoms with Crippen LogP contribution in [0.15, 0.2) is 89.7 Å². The maximum Gasteiger partial charge on any atom is 0.248 e. The van der Waals surface area contributed by atoms with Gasteiger partial charge in [0.05, 0.1) is 11.6 Å². The molecule has 0 bridgehead atoms. The Bertz CT molecular complexity index is 1360. The van der Waals surface area contributed by atoms with E-state index in [1.807, 2.05) is 48.5 Å². The molecule has 6 heteroatoms. The van der Waals surface area contributed by atoms with E-state index in [0.29, 0.717) is 24.4 Å². The van der Waals surface area contributed by atoms with Crippen LogP contribution in [0.5, 0.6) is 5.75 Å². The third-order valence-electron chi connectivity index (χ3n) is 7.22. The van der Waals surface area contributed by atoms with Gasteiger partial charge in [-0.1, -0.05) is 87.5 Å². The number of aromatic amines is 1. The highest BCUT2D eigenvalue weighted by molar-refractivity contribution is 6.74. The Labute approximate surface area is 221 Å². The number of ether oxygens (including phenoxy) is 1. The standard InChI is InChI=1S/C31H38N2O3Si/c1-31(2,3)37(4,5)36-28(21-32-20-23-12-8-6-9-13-23)25-16-18-27(30-26(25)17-19-29(34)33-30)35-22-24-14-10-7-11-15-24/h6-19,28,32H,20-22H2,1-5H3,(H,33,34). The third kappa shape index (κ3) is 6.77. The zero-order chi connectivity index (χ0) is 26.5. The lowest BCUT2D eigenvalue weighted by molar-refractivity contribution is 0.181. The Morgan fingerprint density at radius 3 is 2.16 bits per heavy atom. The summed E-state index contributed by atoms with van der Waals surface area (Å²) in [5, 5.41) is 4.61. The summed E-state index contributed by atoms with van der Waals surface area (Å²) >= 11 is 0. The molecule has 1 atom stereocenters.